The van der Waals surface area contributed by atoms with Crippen molar-refractivity contribution >= 4 is 17.5 Å². The van der Waals surface area contributed by atoms with Crippen molar-refractivity contribution in [3.05, 3.63) is 11.6 Å². The maximum absolute atomic E-state index is 17.2. The van der Waals surface area contributed by atoms with E-state index in [9.17, 15) is 24.6 Å². The Morgan fingerprint density at radius 3 is 2.50 bits per heavy atom. The zero-order chi connectivity index (χ0) is 23.9. The molecule has 0 amide bonds. The first kappa shape index (κ1) is 23.6. The van der Waals surface area contributed by atoms with E-state index in [2.05, 4.69) is 0 Å². The molecule has 3 saturated carbocycles. The second kappa shape index (κ2) is 7.20. The number of halogens is 1. The number of aliphatic hydroxyl groups is 2. The second-order valence-electron chi connectivity index (χ2n) is 11.3. The molecule has 0 aromatic carbocycles. The number of hydrogen-bond donors (Lipinski definition) is 2. The number of carbonyl (C=O) groups is 3. The summed E-state index contributed by atoms with van der Waals surface area (Å²) in [5, 5.41) is 23.1. The van der Waals surface area contributed by atoms with Gasteiger partial charge >= 0.3 is 5.97 Å². The van der Waals surface area contributed by atoms with Gasteiger partial charge in [0.2, 0.25) is 5.78 Å². The number of esters is 1. The molecule has 178 valence electrons. The van der Waals surface area contributed by atoms with Crippen molar-refractivity contribution in [3.8, 4) is 0 Å². The number of ketones is 2. The minimum absolute atomic E-state index is 0.00134. The molecule has 3 unspecified atom stereocenters. The van der Waals surface area contributed by atoms with Crippen LogP contribution >= 0.6 is 0 Å². The van der Waals surface area contributed by atoms with Gasteiger partial charge in [-0.2, -0.15) is 0 Å². The molecule has 0 heterocycles. The van der Waals surface area contributed by atoms with Crippen molar-refractivity contribution in [2.45, 2.75) is 84.1 Å². The maximum atomic E-state index is 17.2. The molecule has 0 radical (unpaired) electrons. The number of fused-ring (bicyclic) bond motifs is 5. The van der Waals surface area contributed by atoms with Crippen LogP contribution in [0.1, 0.15) is 66.7 Å². The Bertz CT molecular complexity index is 899. The molecule has 0 spiro atoms. The SMILES string of the molecule is CC(=O)OCC(=O)[C@@]1(O)C(C)C[C@H]2[C@@H]3CC(C)C4=CC(=O)CC[C@]4(C)[C@@]3(F)C(O)C[C@@]21C. The van der Waals surface area contributed by atoms with Crippen LogP contribution in [-0.2, 0) is 19.1 Å². The number of alkyl halides is 1. The van der Waals surface area contributed by atoms with Gasteiger partial charge in [-0.05, 0) is 49.5 Å². The van der Waals surface area contributed by atoms with E-state index < -0.39 is 58.4 Å². The molecule has 9 atom stereocenters. The molecule has 3 fully saturated rings. The molecule has 0 aromatic rings. The lowest BCUT2D eigenvalue weighted by Gasteiger charge is -2.64. The molecule has 0 bridgehead atoms. The lowest BCUT2D eigenvalue weighted by atomic mass is 9.42. The van der Waals surface area contributed by atoms with Crippen molar-refractivity contribution in [1.82, 2.24) is 0 Å². The first-order valence-electron chi connectivity index (χ1n) is 11.7. The van der Waals surface area contributed by atoms with Gasteiger partial charge in [0.15, 0.2) is 12.4 Å². The van der Waals surface area contributed by atoms with Gasteiger partial charge in [-0.15, -0.1) is 0 Å². The van der Waals surface area contributed by atoms with Crippen LogP contribution in [0, 0.1) is 34.5 Å². The largest absolute Gasteiger partial charge is 0.458 e. The Labute approximate surface area is 188 Å². The number of rotatable bonds is 3. The standard InChI is InChI=1S/C25H35FO6/c1-13-8-19-18-9-14(2)25(31,21(30)12-32-15(3)27)23(18,5)11-20(29)24(19,26)22(4)7-6-16(28)10-17(13)22/h10,13-14,18-20,29,31H,6-9,11-12H2,1-5H3/t13?,14?,18-,19-,20?,22-,23-,24-,25-/m0/s1. The summed E-state index contributed by atoms with van der Waals surface area (Å²) in [5.74, 6) is -2.59. The Morgan fingerprint density at radius 1 is 1.22 bits per heavy atom. The van der Waals surface area contributed by atoms with Crippen molar-refractivity contribution in [2.24, 2.45) is 34.5 Å². The van der Waals surface area contributed by atoms with Crippen LogP contribution < -0.4 is 0 Å². The predicted octanol–water partition coefficient (Wildman–Crippen LogP) is 2.94. The van der Waals surface area contributed by atoms with Crippen LogP contribution in [0.4, 0.5) is 4.39 Å². The highest BCUT2D eigenvalue weighted by Crippen LogP contribution is 2.71. The second-order valence-corrected chi connectivity index (χ2v) is 11.3. The first-order chi connectivity index (χ1) is 14.7. The predicted molar refractivity (Wildman–Crippen MR) is 114 cm³/mol. The van der Waals surface area contributed by atoms with Crippen LogP contribution in [-0.4, -0.2) is 51.7 Å². The van der Waals surface area contributed by atoms with E-state index in [-0.39, 0.29) is 30.5 Å². The quantitative estimate of drug-likeness (QED) is 0.641. The van der Waals surface area contributed by atoms with Gasteiger partial charge < -0.3 is 14.9 Å². The fraction of sp³-hybridized carbons (Fsp3) is 0.800. The lowest BCUT2D eigenvalue weighted by molar-refractivity contribution is -0.232. The van der Waals surface area contributed by atoms with E-state index in [1.807, 2.05) is 13.8 Å². The van der Waals surface area contributed by atoms with Crippen LogP contribution in [0.2, 0.25) is 0 Å². The summed E-state index contributed by atoms with van der Waals surface area (Å²) < 4.78 is 22.1. The first-order valence-corrected chi connectivity index (χ1v) is 11.7. The third-order valence-electron chi connectivity index (χ3n) is 9.78. The lowest BCUT2D eigenvalue weighted by Crippen LogP contribution is -2.70. The number of carbonyl (C=O) groups excluding carboxylic acids is 3. The van der Waals surface area contributed by atoms with Crippen molar-refractivity contribution < 1.29 is 33.7 Å². The highest BCUT2D eigenvalue weighted by molar-refractivity contribution is 5.92. The Hall–Kier alpha value is -1.60. The normalized spacial score (nSPS) is 50.1. The molecular formula is C25H35FO6. The molecular weight excluding hydrogens is 415 g/mol. The van der Waals surface area contributed by atoms with E-state index >= 15 is 4.39 Å². The molecule has 0 aliphatic heterocycles. The van der Waals surface area contributed by atoms with Gasteiger partial charge in [0.05, 0.1) is 6.10 Å². The van der Waals surface area contributed by atoms with Gasteiger partial charge in [-0.1, -0.05) is 33.3 Å². The summed E-state index contributed by atoms with van der Waals surface area (Å²) in [4.78, 5) is 36.5. The van der Waals surface area contributed by atoms with E-state index in [0.29, 0.717) is 19.3 Å². The van der Waals surface area contributed by atoms with Crippen molar-refractivity contribution in [3.63, 3.8) is 0 Å². The summed E-state index contributed by atoms with van der Waals surface area (Å²) in [6, 6.07) is 0. The minimum Gasteiger partial charge on any atom is -0.458 e. The molecule has 32 heavy (non-hydrogen) atoms. The minimum atomic E-state index is -1.94. The monoisotopic (exact) mass is 450 g/mol. The summed E-state index contributed by atoms with van der Waals surface area (Å²) in [5.41, 5.74) is -5.00. The van der Waals surface area contributed by atoms with Crippen molar-refractivity contribution in [1.29, 1.82) is 0 Å². The molecule has 4 aliphatic rings. The van der Waals surface area contributed by atoms with Crippen LogP contribution in [0.25, 0.3) is 0 Å². The molecule has 2 N–H and O–H groups in total. The van der Waals surface area contributed by atoms with Crippen LogP contribution in [0.15, 0.2) is 11.6 Å². The van der Waals surface area contributed by atoms with Gasteiger partial charge in [0.25, 0.3) is 0 Å². The Morgan fingerprint density at radius 2 is 1.88 bits per heavy atom. The third-order valence-corrected chi connectivity index (χ3v) is 9.78. The van der Waals surface area contributed by atoms with Gasteiger partial charge in [0.1, 0.15) is 11.3 Å². The Balaban J connectivity index is 1.78. The van der Waals surface area contributed by atoms with E-state index in [1.165, 1.54) is 6.92 Å². The highest BCUT2D eigenvalue weighted by Gasteiger charge is 2.76. The van der Waals surface area contributed by atoms with Crippen molar-refractivity contribution in [2.75, 3.05) is 6.61 Å². The van der Waals surface area contributed by atoms with Gasteiger partial charge in [-0.3, -0.25) is 14.4 Å². The zero-order valence-electron chi connectivity index (χ0n) is 19.6. The zero-order valence-corrected chi connectivity index (χ0v) is 19.6. The summed E-state index contributed by atoms with van der Waals surface area (Å²) in [6.45, 7) is 8.04. The van der Waals surface area contributed by atoms with Crippen LogP contribution in [0.3, 0.4) is 0 Å². The molecule has 4 aliphatic carbocycles. The number of allylic oxidation sites excluding steroid dienone is 1. The summed E-state index contributed by atoms with van der Waals surface area (Å²) in [6.07, 6.45) is 1.62. The highest BCUT2D eigenvalue weighted by atomic mass is 19.1. The average Bonchev–Trinajstić information content (AvgIpc) is 2.91. The summed E-state index contributed by atoms with van der Waals surface area (Å²) in [7, 11) is 0. The number of ether oxygens (including phenoxy) is 1. The smallest absolute Gasteiger partial charge is 0.303 e. The third kappa shape index (κ3) is 2.73. The van der Waals surface area contributed by atoms with E-state index in [0.717, 1.165) is 5.57 Å². The Kier molecular flexibility index (Phi) is 5.30. The van der Waals surface area contributed by atoms with Gasteiger partial charge in [-0.25, -0.2) is 4.39 Å². The molecule has 4 rings (SSSR count). The topological polar surface area (TPSA) is 101 Å². The number of Topliss-reactive ketones (excluding diaryl/α,β-unsaturated/α-hetero) is 1. The fourth-order valence-electron chi connectivity index (χ4n) is 8.17. The van der Waals surface area contributed by atoms with E-state index in [4.69, 9.17) is 4.74 Å². The molecule has 6 nitrogen and oxygen atoms in total. The maximum Gasteiger partial charge on any atom is 0.303 e. The number of hydrogen-bond acceptors (Lipinski definition) is 6. The number of aliphatic hydroxyl groups excluding tert-OH is 1. The molecule has 0 aromatic heterocycles. The fourth-order valence-corrected chi connectivity index (χ4v) is 8.17. The molecule has 7 heteroatoms. The van der Waals surface area contributed by atoms with Gasteiger partial charge in [0, 0.05) is 30.1 Å². The molecule has 0 saturated heterocycles. The van der Waals surface area contributed by atoms with Crippen LogP contribution in [0.5, 0.6) is 0 Å². The summed E-state index contributed by atoms with van der Waals surface area (Å²) >= 11 is 0. The average molecular weight is 451 g/mol. The van der Waals surface area contributed by atoms with E-state index in [1.54, 1.807) is 19.9 Å².